The predicted molar refractivity (Wildman–Crippen MR) is 67.9 cm³/mol. The fourth-order valence-corrected chi connectivity index (χ4v) is 2.33. The van der Waals surface area contributed by atoms with Gasteiger partial charge in [-0.05, 0) is 24.5 Å². The molecule has 0 spiro atoms. The summed E-state index contributed by atoms with van der Waals surface area (Å²) in [6, 6.07) is 7.80. The summed E-state index contributed by atoms with van der Waals surface area (Å²) in [5.41, 5.74) is 1.58. The van der Waals surface area contributed by atoms with Crippen molar-refractivity contribution in [2.75, 3.05) is 0 Å². The van der Waals surface area contributed by atoms with Gasteiger partial charge in [0.15, 0.2) is 0 Å². The molecule has 2 nitrogen and oxygen atoms in total. The third-order valence-corrected chi connectivity index (χ3v) is 3.38. The molecule has 1 fully saturated rings. The fourth-order valence-electron chi connectivity index (χ4n) is 2.33. The number of nitrogens with zero attached hydrogens (tertiary/aromatic N) is 1. The van der Waals surface area contributed by atoms with Gasteiger partial charge in [0.2, 0.25) is 0 Å². The van der Waals surface area contributed by atoms with E-state index in [4.69, 9.17) is 0 Å². The standard InChI is InChI=1S/C14H15F3N2/c15-14(16,17)9-19-8-10(7-18-11-5-6-11)12-3-1-2-4-13(12)19/h1-4,8,11,18H,5-7,9H2. The van der Waals surface area contributed by atoms with Crippen LogP contribution in [-0.2, 0) is 13.1 Å². The van der Waals surface area contributed by atoms with E-state index in [2.05, 4.69) is 5.32 Å². The summed E-state index contributed by atoms with van der Waals surface area (Å²) in [6.45, 7) is -0.299. The van der Waals surface area contributed by atoms with Crippen LogP contribution in [0.5, 0.6) is 0 Å². The Morgan fingerprint density at radius 3 is 2.63 bits per heavy atom. The van der Waals surface area contributed by atoms with Crippen molar-refractivity contribution in [3.05, 3.63) is 36.0 Å². The zero-order valence-electron chi connectivity index (χ0n) is 10.4. The molecule has 102 valence electrons. The number of aromatic nitrogens is 1. The van der Waals surface area contributed by atoms with Gasteiger partial charge in [0.05, 0.1) is 0 Å². The molecule has 1 aromatic carbocycles. The molecule has 5 heteroatoms. The maximum absolute atomic E-state index is 12.6. The molecular formula is C14H15F3N2. The minimum Gasteiger partial charge on any atom is -0.338 e. The lowest BCUT2D eigenvalue weighted by Gasteiger charge is -2.08. The van der Waals surface area contributed by atoms with E-state index in [-0.39, 0.29) is 0 Å². The second-order valence-electron chi connectivity index (χ2n) is 5.07. The van der Waals surface area contributed by atoms with Crippen LogP contribution < -0.4 is 5.32 Å². The molecule has 1 aromatic heterocycles. The Labute approximate surface area is 109 Å². The van der Waals surface area contributed by atoms with Gasteiger partial charge in [-0.25, -0.2) is 0 Å². The molecule has 1 N–H and O–H groups in total. The maximum Gasteiger partial charge on any atom is 0.406 e. The number of fused-ring (bicyclic) bond motifs is 1. The van der Waals surface area contributed by atoms with Gasteiger partial charge in [-0.3, -0.25) is 0 Å². The van der Waals surface area contributed by atoms with Crippen molar-refractivity contribution in [3.8, 4) is 0 Å². The van der Waals surface area contributed by atoms with Crippen LogP contribution in [0.4, 0.5) is 13.2 Å². The van der Waals surface area contributed by atoms with E-state index in [1.807, 2.05) is 12.1 Å². The molecule has 0 unspecified atom stereocenters. The summed E-state index contributed by atoms with van der Waals surface area (Å²) in [7, 11) is 0. The average molecular weight is 268 g/mol. The highest BCUT2D eigenvalue weighted by Crippen LogP contribution is 2.27. The highest BCUT2D eigenvalue weighted by atomic mass is 19.4. The molecule has 0 aliphatic heterocycles. The van der Waals surface area contributed by atoms with E-state index in [0.717, 1.165) is 10.9 Å². The average Bonchev–Trinajstić information content (AvgIpc) is 3.10. The Kier molecular flexibility index (Phi) is 3.01. The van der Waals surface area contributed by atoms with Crippen molar-refractivity contribution in [3.63, 3.8) is 0 Å². The summed E-state index contributed by atoms with van der Waals surface area (Å²) in [5.74, 6) is 0. The molecule has 0 saturated heterocycles. The van der Waals surface area contributed by atoms with Crippen LogP contribution in [0.2, 0.25) is 0 Å². The molecular weight excluding hydrogens is 253 g/mol. The Hall–Kier alpha value is -1.49. The molecule has 19 heavy (non-hydrogen) atoms. The first-order valence-electron chi connectivity index (χ1n) is 6.40. The number of para-hydroxylation sites is 1. The third-order valence-electron chi connectivity index (χ3n) is 3.38. The number of rotatable bonds is 4. The molecule has 2 aromatic rings. The zero-order valence-corrected chi connectivity index (χ0v) is 10.4. The van der Waals surface area contributed by atoms with Crippen LogP contribution in [0.3, 0.4) is 0 Å². The number of nitrogens with one attached hydrogen (secondary N) is 1. The van der Waals surface area contributed by atoms with Gasteiger partial charge in [-0.1, -0.05) is 18.2 Å². The topological polar surface area (TPSA) is 17.0 Å². The number of hydrogen-bond acceptors (Lipinski definition) is 1. The van der Waals surface area contributed by atoms with Gasteiger partial charge in [-0.15, -0.1) is 0 Å². The largest absolute Gasteiger partial charge is 0.406 e. The van der Waals surface area contributed by atoms with Crippen LogP contribution in [0, 0.1) is 0 Å². The molecule has 1 aliphatic rings. The number of alkyl halides is 3. The summed E-state index contributed by atoms with van der Waals surface area (Å²) < 4.78 is 39.0. The summed E-state index contributed by atoms with van der Waals surface area (Å²) >= 11 is 0. The smallest absolute Gasteiger partial charge is 0.338 e. The Morgan fingerprint density at radius 1 is 1.21 bits per heavy atom. The van der Waals surface area contributed by atoms with Gasteiger partial charge < -0.3 is 9.88 Å². The Bertz CT molecular complexity index is 582. The Balaban J connectivity index is 1.92. The fraction of sp³-hybridized carbons (Fsp3) is 0.429. The van der Waals surface area contributed by atoms with E-state index in [0.29, 0.717) is 18.1 Å². The highest BCUT2D eigenvalue weighted by molar-refractivity contribution is 5.83. The lowest BCUT2D eigenvalue weighted by molar-refractivity contribution is -0.139. The van der Waals surface area contributed by atoms with Crippen molar-refractivity contribution in [1.82, 2.24) is 9.88 Å². The minimum atomic E-state index is -4.19. The lowest BCUT2D eigenvalue weighted by atomic mass is 10.2. The molecule has 0 radical (unpaired) electrons. The van der Waals surface area contributed by atoms with E-state index in [1.54, 1.807) is 18.3 Å². The normalized spacial score (nSPS) is 16.2. The van der Waals surface area contributed by atoms with Crippen LogP contribution in [-0.4, -0.2) is 16.8 Å². The van der Waals surface area contributed by atoms with Crippen molar-refractivity contribution in [1.29, 1.82) is 0 Å². The van der Waals surface area contributed by atoms with E-state index >= 15 is 0 Å². The maximum atomic E-state index is 12.6. The second-order valence-corrected chi connectivity index (χ2v) is 5.07. The van der Waals surface area contributed by atoms with E-state index < -0.39 is 12.7 Å². The summed E-state index contributed by atoms with van der Waals surface area (Å²) in [4.78, 5) is 0. The molecule has 0 amide bonds. The van der Waals surface area contributed by atoms with Crippen LogP contribution in [0.25, 0.3) is 10.9 Å². The lowest BCUT2D eigenvalue weighted by Crippen LogP contribution is -2.17. The first kappa shape index (κ1) is 12.5. The zero-order chi connectivity index (χ0) is 13.5. The van der Waals surface area contributed by atoms with Crippen LogP contribution in [0.15, 0.2) is 30.5 Å². The SMILES string of the molecule is FC(F)(F)Cn1cc(CNC2CC2)c2ccccc21. The molecule has 0 atom stereocenters. The van der Waals surface area contributed by atoms with Crippen LogP contribution >= 0.6 is 0 Å². The molecule has 1 saturated carbocycles. The highest BCUT2D eigenvalue weighted by Gasteiger charge is 2.29. The van der Waals surface area contributed by atoms with Crippen molar-refractivity contribution in [2.45, 2.75) is 38.1 Å². The van der Waals surface area contributed by atoms with Crippen molar-refractivity contribution >= 4 is 10.9 Å². The van der Waals surface area contributed by atoms with E-state index in [1.165, 1.54) is 17.4 Å². The Morgan fingerprint density at radius 2 is 1.95 bits per heavy atom. The predicted octanol–water partition coefficient (Wildman–Crippen LogP) is 3.46. The first-order chi connectivity index (χ1) is 9.03. The minimum absolute atomic E-state index is 0.546. The van der Waals surface area contributed by atoms with Gasteiger partial charge in [0, 0.05) is 29.7 Å². The quantitative estimate of drug-likeness (QED) is 0.898. The van der Waals surface area contributed by atoms with Gasteiger partial charge >= 0.3 is 6.18 Å². The van der Waals surface area contributed by atoms with E-state index in [9.17, 15) is 13.2 Å². The first-order valence-corrected chi connectivity index (χ1v) is 6.40. The summed E-state index contributed by atoms with van der Waals surface area (Å²) in [5, 5.41) is 4.25. The number of hydrogen-bond donors (Lipinski definition) is 1. The third kappa shape index (κ3) is 2.92. The van der Waals surface area contributed by atoms with Gasteiger partial charge in [0.25, 0.3) is 0 Å². The molecule has 0 bridgehead atoms. The second kappa shape index (κ2) is 4.56. The van der Waals surface area contributed by atoms with Crippen LogP contribution in [0.1, 0.15) is 18.4 Å². The molecule has 1 heterocycles. The van der Waals surface area contributed by atoms with Crippen molar-refractivity contribution in [2.24, 2.45) is 0 Å². The van der Waals surface area contributed by atoms with Gasteiger partial charge in [0.1, 0.15) is 6.54 Å². The molecule has 3 rings (SSSR count). The summed E-state index contributed by atoms with van der Waals surface area (Å²) in [6.07, 6.45) is -0.237. The van der Waals surface area contributed by atoms with Crippen molar-refractivity contribution < 1.29 is 13.2 Å². The monoisotopic (exact) mass is 268 g/mol. The van der Waals surface area contributed by atoms with Gasteiger partial charge in [-0.2, -0.15) is 13.2 Å². The number of halogens is 3. The number of benzene rings is 1. The molecule has 1 aliphatic carbocycles.